The molecule has 1 aliphatic rings. The van der Waals surface area contributed by atoms with E-state index in [9.17, 15) is 9.59 Å². The van der Waals surface area contributed by atoms with E-state index in [1.165, 1.54) is 14.7 Å². The van der Waals surface area contributed by atoms with Gasteiger partial charge < -0.3 is 9.47 Å². The summed E-state index contributed by atoms with van der Waals surface area (Å²) in [5.41, 5.74) is 2.66. The number of fused-ring (bicyclic) bond motifs is 3. The summed E-state index contributed by atoms with van der Waals surface area (Å²) in [4.78, 5) is 32.6. The number of aromatic nitrogens is 4. The zero-order valence-electron chi connectivity index (χ0n) is 16.3. The number of aryl methyl sites for hydroxylation is 2. The number of benzene rings is 1. The molecule has 0 spiro atoms. The van der Waals surface area contributed by atoms with Crippen LogP contribution in [0.15, 0.2) is 33.9 Å². The van der Waals surface area contributed by atoms with Gasteiger partial charge in [0.1, 0.15) is 0 Å². The van der Waals surface area contributed by atoms with Crippen LogP contribution in [0.2, 0.25) is 0 Å². The van der Waals surface area contributed by atoms with Crippen molar-refractivity contribution in [3.63, 3.8) is 0 Å². The molecule has 1 aromatic carbocycles. The van der Waals surface area contributed by atoms with E-state index in [1.807, 2.05) is 16.7 Å². The Hall–Kier alpha value is -2.83. The molecule has 2 aromatic heterocycles. The van der Waals surface area contributed by atoms with Crippen LogP contribution in [0.4, 0.5) is 11.6 Å². The summed E-state index contributed by atoms with van der Waals surface area (Å²) >= 11 is 0. The fraction of sp³-hybridized carbons (Fsp3) is 0.450. The van der Waals surface area contributed by atoms with Crippen molar-refractivity contribution in [1.82, 2.24) is 18.7 Å². The molecule has 3 heterocycles. The molecule has 0 saturated carbocycles. The van der Waals surface area contributed by atoms with E-state index in [1.54, 1.807) is 7.05 Å². The van der Waals surface area contributed by atoms with Gasteiger partial charge >= 0.3 is 5.69 Å². The molecule has 0 bridgehead atoms. The lowest BCUT2D eigenvalue weighted by atomic mass is 10.1. The molecule has 7 heteroatoms. The summed E-state index contributed by atoms with van der Waals surface area (Å²) in [6.45, 7) is 8.10. The van der Waals surface area contributed by atoms with E-state index in [0.717, 1.165) is 24.6 Å². The molecule has 0 amide bonds. The predicted molar refractivity (Wildman–Crippen MR) is 107 cm³/mol. The topological polar surface area (TPSA) is 65.1 Å². The third-order valence-electron chi connectivity index (χ3n) is 5.24. The summed E-state index contributed by atoms with van der Waals surface area (Å²) in [6.07, 6.45) is 0.789. The molecule has 4 rings (SSSR count). The van der Waals surface area contributed by atoms with Crippen LogP contribution in [0, 0.1) is 12.8 Å². The van der Waals surface area contributed by atoms with Gasteiger partial charge in [0, 0.05) is 32.4 Å². The van der Waals surface area contributed by atoms with Gasteiger partial charge in [-0.2, -0.15) is 4.98 Å². The molecular formula is C20H25N5O2. The normalized spacial score (nSPS) is 13.7. The van der Waals surface area contributed by atoms with Crippen LogP contribution in [-0.4, -0.2) is 25.2 Å². The van der Waals surface area contributed by atoms with Gasteiger partial charge in [0.25, 0.3) is 5.56 Å². The van der Waals surface area contributed by atoms with Crippen LogP contribution in [0.25, 0.3) is 11.2 Å². The lowest BCUT2D eigenvalue weighted by Gasteiger charge is -2.16. The number of imidazole rings is 1. The monoisotopic (exact) mass is 367 g/mol. The molecule has 7 nitrogen and oxygen atoms in total. The minimum absolute atomic E-state index is 0.237. The van der Waals surface area contributed by atoms with E-state index in [-0.39, 0.29) is 11.2 Å². The van der Waals surface area contributed by atoms with Crippen LogP contribution in [0.5, 0.6) is 0 Å². The van der Waals surface area contributed by atoms with Crippen LogP contribution in [0.1, 0.15) is 25.8 Å². The molecule has 0 aliphatic carbocycles. The van der Waals surface area contributed by atoms with Crippen molar-refractivity contribution in [3.05, 3.63) is 50.7 Å². The maximum atomic E-state index is 13.1. The SMILES string of the molecule is Cc1cccc(N2CCn3c2nc2c3c(=O)n(CCC(C)C)c(=O)n2C)c1. The molecule has 0 N–H and O–H groups in total. The van der Waals surface area contributed by atoms with Crippen molar-refractivity contribution in [1.29, 1.82) is 0 Å². The third-order valence-corrected chi connectivity index (χ3v) is 5.24. The van der Waals surface area contributed by atoms with Crippen LogP contribution in [0.3, 0.4) is 0 Å². The highest BCUT2D eigenvalue weighted by atomic mass is 16.2. The lowest BCUT2D eigenvalue weighted by Crippen LogP contribution is -2.40. The Labute approximate surface area is 157 Å². The number of nitrogens with zero attached hydrogens (tertiary/aromatic N) is 5. The van der Waals surface area contributed by atoms with Crippen LogP contribution in [-0.2, 0) is 20.1 Å². The average Bonchev–Trinajstić information content (AvgIpc) is 3.18. The zero-order valence-corrected chi connectivity index (χ0v) is 16.3. The first-order chi connectivity index (χ1) is 12.9. The molecule has 1 aliphatic heterocycles. The predicted octanol–water partition coefficient (Wildman–Crippen LogP) is 2.40. The van der Waals surface area contributed by atoms with Crippen LogP contribution < -0.4 is 16.1 Å². The summed E-state index contributed by atoms with van der Waals surface area (Å²) in [7, 11) is 1.69. The molecule has 0 unspecified atom stereocenters. The summed E-state index contributed by atoms with van der Waals surface area (Å²) in [5, 5.41) is 0. The van der Waals surface area contributed by atoms with Crippen molar-refractivity contribution in [2.24, 2.45) is 13.0 Å². The van der Waals surface area contributed by atoms with E-state index >= 15 is 0 Å². The molecule has 142 valence electrons. The standard InChI is InChI=1S/C20H25N5O2/c1-13(2)8-9-25-18(26)16-17(22(4)20(25)27)21-19-23(10-11-24(16)19)15-7-5-6-14(3)12-15/h5-7,12-13H,8-11H2,1-4H3. The van der Waals surface area contributed by atoms with E-state index in [0.29, 0.717) is 30.2 Å². The fourth-order valence-electron chi connectivity index (χ4n) is 3.70. The molecule has 3 aromatic rings. The Balaban J connectivity index is 1.89. The van der Waals surface area contributed by atoms with Gasteiger partial charge in [-0.3, -0.25) is 13.9 Å². The van der Waals surface area contributed by atoms with Gasteiger partial charge in [-0.1, -0.05) is 26.0 Å². The molecule has 0 atom stereocenters. The van der Waals surface area contributed by atoms with Gasteiger partial charge in [0.05, 0.1) is 0 Å². The maximum absolute atomic E-state index is 13.1. The minimum atomic E-state index is -0.299. The highest BCUT2D eigenvalue weighted by Gasteiger charge is 2.28. The van der Waals surface area contributed by atoms with Gasteiger partial charge in [0.2, 0.25) is 5.95 Å². The summed E-state index contributed by atoms with van der Waals surface area (Å²) in [5.74, 6) is 1.15. The fourth-order valence-corrected chi connectivity index (χ4v) is 3.70. The van der Waals surface area contributed by atoms with Crippen LogP contribution >= 0.6 is 0 Å². The minimum Gasteiger partial charge on any atom is -0.310 e. The van der Waals surface area contributed by atoms with E-state index in [4.69, 9.17) is 0 Å². The summed E-state index contributed by atoms with van der Waals surface area (Å²) < 4.78 is 4.80. The number of rotatable bonds is 4. The second kappa shape index (κ2) is 6.40. The molecule has 0 radical (unpaired) electrons. The van der Waals surface area contributed by atoms with Gasteiger partial charge in [-0.25, -0.2) is 4.79 Å². The zero-order chi connectivity index (χ0) is 19.3. The molecule has 0 fully saturated rings. The first kappa shape index (κ1) is 17.6. The Bertz CT molecular complexity index is 1140. The number of hydrogen-bond acceptors (Lipinski definition) is 4. The Morgan fingerprint density at radius 1 is 1.19 bits per heavy atom. The largest absolute Gasteiger partial charge is 0.332 e. The first-order valence-electron chi connectivity index (χ1n) is 9.42. The Morgan fingerprint density at radius 2 is 1.96 bits per heavy atom. The highest BCUT2D eigenvalue weighted by Crippen LogP contribution is 2.31. The number of anilines is 2. The second-order valence-electron chi connectivity index (χ2n) is 7.71. The average molecular weight is 367 g/mol. The van der Waals surface area contributed by atoms with Gasteiger partial charge in [-0.05, 0) is 37.0 Å². The smallest absolute Gasteiger partial charge is 0.310 e. The lowest BCUT2D eigenvalue weighted by molar-refractivity contribution is 0.487. The Kier molecular flexibility index (Phi) is 4.17. The third kappa shape index (κ3) is 2.78. The first-order valence-corrected chi connectivity index (χ1v) is 9.42. The molecular weight excluding hydrogens is 342 g/mol. The van der Waals surface area contributed by atoms with Crippen molar-refractivity contribution < 1.29 is 0 Å². The maximum Gasteiger partial charge on any atom is 0.332 e. The van der Waals surface area contributed by atoms with Crippen molar-refractivity contribution in [2.75, 3.05) is 11.4 Å². The van der Waals surface area contributed by atoms with Gasteiger partial charge in [-0.15, -0.1) is 0 Å². The van der Waals surface area contributed by atoms with E-state index < -0.39 is 0 Å². The summed E-state index contributed by atoms with van der Waals surface area (Å²) in [6, 6.07) is 8.22. The van der Waals surface area contributed by atoms with Crippen molar-refractivity contribution in [3.8, 4) is 0 Å². The number of hydrogen-bond donors (Lipinski definition) is 0. The molecule has 27 heavy (non-hydrogen) atoms. The molecule has 0 saturated heterocycles. The van der Waals surface area contributed by atoms with Crippen molar-refractivity contribution in [2.45, 2.75) is 40.3 Å². The quantitative estimate of drug-likeness (QED) is 0.710. The van der Waals surface area contributed by atoms with Gasteiger partial charge in [0.15, 0.2) is 11.2 Å². The Morgan fingerprint density at radius 3 is 2.67 bits per heavy atom. The second-order valence-corrected chi connectivity index (χ2v) is 7.71. The highest BCUT2D eigenvalue weighted by molar-refractivity contribution is 5.77. The van der Waals surface area contributed by atoms with E-state index in [2.05, 4.69) is 42.8 Å². The van der Waals surface area contributed by atoms with Crippen molar-refractivity contribution >= 4 is 22.8 Å².